The van der Waals surface area contributed by atoms with Gasteiger partial charge in [0.15, 0.2) is 0 Å². The lowest BCUT2D eigenvalue weighted by atomic mass is 10.1. The number of nitrogens with one attached hydrogen (secondary N) is 1. The van der Waals surface area contributed by atoms with Crippen LogP contribution < -0.4 is 5.32 Å². The first kappa shape index (κ1) is 10.9. The Morgan fingerprint density at radius 1 is 1.40 bits per heavy atom. The number of hydrogen-bond acceptors (Lipinski definition) is 1. The highest BCUT2D eigenvalue weighted by molar-refractivity contribution is 14.1. The Bertz CT molecular complexity index is 368. The van der Waals surface area contributed by atoms with Crippen LogP contribution in [0.5, 0.6) is 0 Å². The third kappa shape index (κ3) is 2.93. The zero-order valence-corrected chi connectivity index (χ0v) is 10.9. The molecule has 1 amide bonds. The Kier molecular flexibility index (Phi) is 3.00. The molecule has 3 heteroatoms. The van der Waals surface area contributed by atoms with Crippen molar-refractivity contribution < 1.29 is 4.79 Å². The van der Waals surface area contributed by atoms with E-state index in [1.54, 1.807) is 0 Å². The van der Waals surface area contributed by atoms with E-state index in [4.69, 9.17) is 0 Å². The van der Waals surface area contributed by atoms with Crippen molar-refractivity contribution in [1.29, 1.82) is 0 Å². The Morgan fingerprint density at radius 2 is 2.00 bits per heavy atom. The van der Waals surface area contributed by atoms with Gasteiger partial charge in [-0.15, -0.1) is 0 Å². The number of carbonyl (C=O) groups excluding carboxylic acids is 1. The van der Waals surface area contributed by atoms with Crippen LogP contribution in [0, 0.1) is 8.99 Å². The molecule has 80 valence electrons. The van der Waals surface area contributed by atoms with Gasteiger partial charge < -0.3 is 5.32 Å². The minimum atomic E-state index is 0.0412. The molecule has 2 rings (SSSR count). The van der Waals surface area contributed by atoms with Gasteiger partial charge >= 0.3 is 0 Å². The SMILES string of the molecule is CC1(CNC(=O)c2ccc(I)cc2)CC1. The minimum Gasteiger partial charge on any atom is -0.351 e. The summed E-state index contributed by atoms with van der Waals surface area (Å²) in [5, 5.41) is 2.98. The predicted octanol–water partition coefficient (Wildman–Crippen LogP) is 2.82. The second-order valence-electron chi connectivity index (χ2n) is 4.50. The first-order chi connectivity index (χ1) is 7.09. The van der Waals surface area contributed by atoms with Gasteiger partial charge in [-0.3, -0.25) is 4.79 Å². The van der Waals surface area contributed by atoms with Crippen molar-refractivity contribution in [1.82, 2.24) is 5.32 Å². The van der Waals surface area contributed by atoms with Crippen LogP contribution in [0.3, 0.4) is 0 Å². The lowest BCUT2D eigenvalue weighted by Crippen LogP contribution is -2.28. The van der Waals surface area contributed by atoms with Crippen LogP contribution in [0.4, 0.5) is 0 Å². The summed E-state index contributed by atoms with van der Waals surface area (Å²) in [4.78, 5) is 11.7. The number of rotatable bonds is 3. The lowest BCUT2D eigenvalue weighted by molar-refractivity contribution is 0.0946. The minimum absolute atomic E-state index is 0.0412. The molecule has 0 spiro atoms. The predicted molar refractivity (Wildman–Crippen MR) is 68.8 cm³/mol. The van der Waals surface area contributed by atoms with E-state index in [-0.39, 0.29) is 5.91 Å². The van der Waals surface area contributed by atoms with Gasteiger partial charge in [0.2, 0.25) is 0 Å². The summed E-state index contributed by atoms with van der Waals surface area (Å²) in [6.07, 6.45) is 2.47. The van der Waals surface area contributed by atoms with Crippen LogP contribution >= 0.6 is 22.6 Å². The summed E-state index contributed by atoms with van der Waals surface area (Å²) in [5.41, 5.74) is 1.12. The van der Waals surface area contributed by atoms with E-state index >= 15 is 0 Å². The number of carbonyl (C=O) groups is 1. The summed E-state index contributed by atoms with van der Waals surface area (Å²) < 4.78 is 1.15. The molecule has 0 unspecified atom stereocenters. The Morgan fingerprint density at radius 3 is 2.53 bits per heavy atom. The molecule has 1 aromatic carbocycles. The first-order valence-corrected chi connectivity index (χ1v) is 6.21. The molecule has 1 aliphatic rings. The molecule has 0 bridgehead atoms. The van der Waals surface area contributed by atoms with Crippen LogP contribution in [0.15, 0.2) is 24.3 Å². The molecule has 0 radical (unpaired) electrons. The molecule has 15 heavy (non-hydrogen) atoms. The van der Waals surface area contributed by atoms with Crippen LogP contribution in [0.1, 0.15) is 30.1 Å². The molecule has 1 saturated carbocycles. The molecule has 0 aliphatic heterocycles. The highest BCUT2D eigenvalue weighted by atomic mass is 127. The molecular formula is C12H14INO. The molecule has 1 N–H and O–H groups in total. The molecular weight excluding hydrogens is 301 g/mol. The van der Waals surface area contributed by atoms with E-state index in [9.17, 15) is 4.79 Å². The van der Waals surface area contributed by atoms with Crippen LogP contribution in [-0.4, -0.2) is 12.5 Å². The zero-order chi connectivity index (χ0) is 10.9. The zero-order valence-electron chi connectivity index (χ0n) is 8.72. The van der Waals surface area contributed by atoms with Crippen molar-refractivity contribution in [2.75, 3.05) is 6.54 Å². The Hall–Kier alpha value is -0.580. The van der Waals surface area contributed by atoms with Crippen LogP contribution in [-0.2, 0) is 0 Å². The number of halogens is 1. The van der Waals surface area contributed by atoms with Gasteiger partial charge in [-0.2, -0.15) is 0 Å². The molecule has 0 heterocycles. The largest absolute Gasteiger partial charge is 0.351 e. The fourth-order valence-electron chi connectivity index (χ4n) is 1.39. The third-order valence-corrected chi connectivity index (χ3v) is 3.60. The van der Waals surface area contributed by atoms with Gasteiger partial charge in [-0.25, -0.2) is 0 Å². The monoisotopic (exact) mass is 315 g/mol. The third-order valence-electron chi connectivity index (χ3n) is 2.89. The Balaban J connectivity index is 1.92. The fourth-order valence-corrected chi connectivity index (χ4v) is 1.75. The summed E-state index contributed by atoms with van der Waals surface area (Å²) in [6, 6.07) is 7.64. The molecule has 1 aliphatic carbocycles. The second-order valence-corrected chi connectivity index (χ2v) is 5.75. The van der Waals surface area contributed by atoms with Crippen molar-refractivity contribution in [2.45, 2.75) is 19.8 Å². The van der Waals surface area contributed by atoms with Gasteiger partial charge in [-0.05, 0) is 65.1 Å². The van der Waals surface area contributed by atoms with E-state index in [1.807, 2.05) is 24.3 Å². The maximum absolute atomic E-state index is 11.7. The number of amides is 1. The number of hydrogen-bond donors (Lipinski definition) is 1. The highest BCUT2D eigenvalue weighted by Crippen LogP contribution is 2.44. The standard InChI is InChI=1S/C12H14INO/c1-12(6-7-12)8-14-11(15)9-2-4-10(13)5-3-9/h2-5H,6-8H2,1H3,(H,14,15). The normalized spacial score (nSPS) is 17.2. The summed E-state index contributed by atoms with van der Waals surface area (Å²) in [6.45, 7) is 3.01. The summed E-state index contributed by atoms with van der Waals surface area (Å²) in [7, 11) is 0. The molecule has 0 aromatic heterocycles. The van der Waals surface area contributed by atoms with Crippen molar-refractivity contribution in [2.24, 2.45) is 5.41 Å². The van der Waals surface area contributed by atoms with Crippen molar-refractivity contribution in [3.8, 4) is 0 Å². The van der Waals surface area contributed by atoms with Crippen molar-refractivity contribution in [3.63, 3.8) is 0 Å². The molecule has 2 nitrogen and oxygen atoms in total. The maximum atomic E-state index is 11.7. The van der Waals surface area contributed by atoms with E-state index in [0.717, 1.165) is 15.7 Å². The quantitative estimate of drug-likeness (QED) is 0.854. The topological polar surface area (TPSA) is 29.1 Å². The fraction of sp³-hybridized carbons (Fsp3) is 0.417. The van der Waals surface area contributed by atoms with Crippen LogP contribution in [0.25, 0.3) is 0 Å². The Labute approximate surface area is 104 Å². The van der Waals surface area contributed by atoms with E-state index in [2.05, 4.69) is 34.8 Å². The number of benzene rings is 1. The van der Waals surface area contributed by atoms with Gasteiger partial charge in [0.1, 0.15) is 0 Å². The summed E-state index contributed by atoms with van der Waals surface area (Å²) >= 11 is 2.23. The van der Waals surface area contributed by atoms with Gasteiger partial charge in [0, 0.05) is 15.7 Å². The average molecular weight is 315 g/mol. The van der Waals surface area contributed by atoms with Crippen molar-refractivity contribution >= 4 is 28.5 Å². The average Bonchev–Trinajstić information content (AvgIpc) is 2.95. The second kappa shape index (κ2) is 4.12. The maximum Gasteiger partial charge on any atom is 0.251 e. The lowest BCUT2D eigenvalue weighted by Gasteiger charge is -2.09. The van der Waals surface area contributed by atoms with E-state index in [1.165, 1.54) is 12.8 Å². The molecule has 1 fully saturated rings. The van der Waals surface area contributed by atoms with Gasteiger partial charge in [-0.1, -0.05) is 6.92 Å². The van der Waals surface area contributed by atoms with Gasteiger partial charge in [0.05, 0.1) is 0 Å². The summed E-state index contributed by atoms with van der Waals surface area (Å²) in [5.74, 6) is 0.0412. The molecule has 0 saturated heterocycles. The van der Waals surface area contributed by atoms with Gasteiger partial charge in [0.25, 0.3) is 5.91 Å². The highest BCUT2D eigenvalue weighted by Gasteiger charge is 2.37. The van der Waals surface area contributed by atoms with Crippen molar-refractivity contribution in [3.05, 3.63) is 33.4 Å². The first-order valence-electron chi connectivity index (χ1n) is 5.13. The smallest absolute Gasteiger partial charge is 0.251 e. The van der Waals surface area contributed by atoms with E-state index in [0.29, 0.717) is 5.41 Å². The molecule has 0 atom stereocenters. The molecule has 1 aromatic rings. The van der Waals surface area contributed by atoms with E-state index < -0.39 is 0 Å². The van der Waals surface area contributed by atoms with Crippen LogP contribution in [0.2, 0.25) is 0 Å².